The fourth-order valence-corrected chi connectivity index (χ4v) is 3.61. The maximum atomic E-state index is 4.79. The molecule has 0 bridgehead atoms. The SMILES string of the molecule is CCNC(=NCc1ccc(-n2cccn2)cc1)NC1CCN(c2ccccc2)C1. The van der Waals surface area contributed by atoms with E-state index in [1.165, 1.54) is 11.3 Å². The normalized spacial score (nSPS) is 16.8. The van der Waals surface area contributed by atoms with E-state index in [1.807, 2.05) is 16.9 Å². The van der Waals surface area contributed by atoms with Crippen molar-refractivity contribution < 1.29 is 0 Å². The molecule has 2 N–H and O–H groups in total. The molecule has 0 aliphatic carbocycles. The summed E-state index contributed by atoms with van der Waals surface area (Å²) < 4.78 is 1.86. The lowest BCUT2D eigenvalue weighted by molar-refractivity contribution is 0.649. The molecule has 1 atom stereocenters. The van der Waals surface area contributed by atoms with Crippen molar-refractivity contribution in [3.05, 3.63) is 78.6 Å². The van der Waals surface area contributed by atoms with E-state index >= 15 is 0 Å². The molecule has 1 saturated heterocycles. The molecule has 3 aromatic rings. The van der Waals surface area contributed by atoms with Gasteiger partial charge in [-0.1, -0.05) is 30.3 Å². The first-order chi connectivity index (χ1) is 14.3. The van der Waals surface area contributed by atoms with Gasteiger partial charge in [0, 0.05) is 43.8 Å². The van der Waals surface area contributed by atoms with E-state index < -0.39 is 0 Å². The predicted molar refractivity (Wildman–Crippen MR) is 119 cm³/mol. The maximum absolute atomic E-state index is 4.79. The summed E-state index contributed by atoms with van der Waals surface area (Å²) in [6.45, 7) is 5.65. The second-order valence-corrected chi connectivity index (χ2v) is 7.22. The van der Waals surface area contributed by atoms with Gasteiger partial charge < -0.3 is 15.5 Å². The van der Waals surface area contributed by atoms with Crippen molar-refractivity contribution in [1.29, 1.82) is 0 Å². The van der Waals surface area contributed by atoms with E-state index in [0.717, 1.165) is 37.7 Å². The smallest absolute Gasteiger partial charge is 0.191 e. The van der Waals surface area contributed by atoms with Crippen LogP contribution in [0, 0.1) is 0 Å². The molecule has 6 heteroatoms. The van der Waals surface area contributed by atoms with Crippen LogP contribution in [-0.4, -0.2) is 41.4 Å². The zero-order chi connectivity index (χ0) is 19.9. The van der Waals surface area contributed by atoms with E-state index in [0.29, 0.717) is 12.6 Å². The van der Waals surface area contributed by atoms with E-state index in [4.69, 9.17) is 4.99 Å². The van der Waals surface area contributed by atoms with Crippen LogP contribution in [0.1, 0.15) is 18.9 Å². The highest BCUT2D eigenvalue weighted by Crippen LogP contribution is 2.19. The minimum Gasteiger partial charge on any atom is -0.369 e. The van der Waals surface area contributed by atoms with Crippen LogP contribution in [0.2, 0.25) is 0 Å². The van der Waals surface area contributed by atoms with Gasteiger partial charge in [0.1, 0.15) is 0 Å². The number of rotatable bonds is 6. The molecule has 0 amide bonds. The molecule has 6 nitrogen and oxygen atoms in total. The predicted octanol–water partition coefficient (Wildman–Crippen LogP) is 3.21. The summed E-state index contributed by atoms with van der Waals surface area (Å²) in [6.07, 6.45) is 4.84. The monoisotopic (exact) mass is 388 g/mol. The average Bonchev–Trinajstić information content (AvgIpc) is 3.46. The standard InChI is InChI=1S/C23H28N6/c1-2-24-23(27-20-13-16-28(18-20)21-7-4-3-5-8-21)25-17-19-9-11-22(12-10-19)29-15-6-14-26-29/h3-12,14-15,20H,2,13,16-18H2,1H3,(H2,24,25,27). The quantitative estimate of drug-likeness (QED) is 0.503. The van der Waals surface area contributed by atoms with Crippen molar-refractivity contribution in [1.82, 2.24) is 20.4 Å². The Morgan fingerprint density at radius 3 is 2.62 bits per heavy atom. The highest BCUT2D eigenvalue weighted by Gasteiger charge is 2.23. The largest absolute Gasteiger partial charge is 0.369 e. The molecule has 2 heterocycles. The first-order valence-corrected chi connectivity index (χ1v) is 10.3. The van der Waals surface area contributed by atoms with Gasteiger partial charge in [0.25, 0.3) is 0 Å². The summed E-state index contributed by atoms with van der Waals surface area (Å²) in [5.41, 5.74) is 3.52. The number of guanidine groups is 1. The van der Waals surface area contributed by atoms with Crippen molar-refractivity contribution in [2.24, 2.45) is 4.99 Å². The van der Waals surface area contributed by atoms with Gasteiger partial charge >= 0.3 is 0 Å². The van der Waals surface area contributed by atoms with Crippen molar-refractivity contribution in [3.8, 4) is 5.69 Å². The minimum absolute atomic E-state index is 0.398. The molecule has 150 valence electrons. The molecular formula is C23H28N6. The van der Waals surface area contributed by atoms with Crippen molar-refractivity contribution in [2.45, 2.75) is 25.9 Å². The highest BCUT2D eigenvalue weighted by atomic mass is 15.3. The van der Waals surface area contributed by atoms with Crippen molar-refractivity contribution in [3.63, 3.8) is 0 Å². The van der Waals surface area contributed by atoms with Crippen LogP contribution in [0.5, 0.6) is 0 Å². The van der Waals surface area contributed by atoms with E-state index in [2.05, 4.69) is 82.2 Å². The Bertz CT molecular complexity index is 902. The molecule has 1 aromatic heterocycles. The van der Waals surface area contributed by atoms with Gasteiger partial charge in [-0.15, -0.1) is 0 Å². The number of anilines is 1. The Kier molecular flexibility index (Phi) is 6.10. The third-order valence-electron chi connectivity index (χ3n) is 5.12. The number of aromatic nitrogens is 2. The molecule has 0 spiro atoms. The summed E-state index contributed by atoms with van der Waals surface area (Å²) in [7, 11) is 0. The molecule has 1 fully saturated rings. The molecule has 2 aromatic carbocycles. The zero-order valence-electron chi connectivity index (χ0n) is 16.8. The molecular weight excluding hydrogens is 360 g/mol. The second kappa shape index (κ2) is 9.28. The summed E-state index contributed by atoms with van der Waals surface area (Å²) in [6, 6.07) is 21.3. The molecule has 0 saturated carbocycles. The van der Waals surface area contributed by atoms with Crippen LogP contribution in [0.3, 0.4) is 0 Å². The van der Waals surface area contributed by atoms with Crippen LogP contribution in [-0.2, 0) is 6.54 Å². The lowest BCUT2D eigenvalue weighted by atomic mass is 10.2. The fraction of sp³-hybridized carbons (Fsp3) is 0.304. The van der Waals surface area contributed by atoms with Crippen LogP contribution < -0.4 is 15.5 Å². The van der Waals surface area contributed by atoms with Crippen LogP contribution >= 0.6 is 0 Å². The number of benzene rings is 2. The molecule has 1 aliphatic heterocycles. The highest BCUT2D eigenvalue weighted by molar-refractivity contribution is 5.80. The second-order valence-electron chi connectivity index (χ2n) is 7.22. The molecule has 4 rings (SSSR count). The Balaban J connectivity index is 1.35. The molecule has 0 radical (unpaired) electrons. The van der Waals surface area contributed by atoms with Gasteiger partial charge in [-0.2, -0.15) is 5.10 Å². The van der Waals surface area contributed by atoms with Gasteiger partial charge in [-0.25, -0.2) is 9.67 Å². The number of aliphatic imine (C=N–C) groups is 1. The van der Waals surface area contributed by atoms with Crippen LogP contribution in [0.15, 0.2) is 78.0 Å². The third-order valence-corrected chi connectivity index (χ3v) is 5.12. The van der Waals surface area contributed by atoms with E-state index in [-0.39, 0.29) is 0 Å². The molecule has 29 heavy (non-hydrogen) atoms. The Labute approximate surface area is 172 Å². The van der Waals surface area contributed by atoms with Gasteiger partial charge in [0.15, 0.2) is 5.96 Å². The first kappa shape index (κ1) is 19.1. The number of para-hydroxylation sites is 1. The Hall–Kier alpha value is -3.28. The maximum Gasteiger partial charge on any atom is 0.191 e. The summed E-state index contributed by atoms with van der Waals surface area (Å²) in [5, 5.41) is 11.2. The number of hydrogen-bond donors (Lipinski definition) is 2. The number of nitrogens with zero attached hydrogens (tertiary/aromatic N) is 4. The molecule has 1 unspecified atom stereocenters. The third kappa shape index (κ3) is 4.96. The summed E-state index contributed by atoms with van der Waals surface area (Å²) in [4.78, 5) is 7.22. The summed E-state index contributed by atoms with van der Waals surface area (Å²) in [5.74, 6) is 0.878. The van der Waals surface area contributed by atoms with Gasteiger partial charge in [0.2, 0.25) is 0 Å². The Morgan fingerprint density at radius 1 is 1.07 bits per heavy atom. The molecule has 1 aliphatic rings. The average molecular weight is 389 g/mol. The van der Waals surface area contributed by atoms with Crippen LogP contribution in [0.25, 0.3) is 5.69 Å². The lowest BCUT2D eigenvalue weighted by Crippen LogP contribution is -2.44. The van der Waals surface area contributed by atoms with E-state index in [1.54, 1.807) is 6.20 Å². The van der Waals surface area contributed by atoms with Crippen LogP contribution in [0.4, 0.5) is 5.69 Å². The van der Waals surface area contributed by atoms with Crippen molar-refractivity contribution in [2.75, 3.05) is 24.5 Å². The lowest BCUT2D eigenvalue weighted by Gasteiger charge is -2.20. The van der Waals surface area contributed by atoms with Gasteiger partial charge in [-0.3, -0.25) is 0 Å². The van der Waals surface area contributed by atoms with E-state index in [9.17, 15) is 0 Å². The van der Waals surface area contributed by atoms with Gasteiger partial charge in [0.05, 0.1) is 12.2 Å². The fourth-order valence-electron chi connectivity index (χ4n) is 3.61. The Morgan fingerprint density at radius 2 is 1.90 bits per heavy atom. The number of nitrogens with one attached hydrogen (secondary N) is 2. The van der Waals surface area contributed by atoms with Crippen molar-refractivity contribution >= 4 is 11.6 Å². The van der Waals surface area contributed by atoms with Gasteiger partial charge in [-0.05, 0) is 49.2 Å². The topological polar surface area (TPSA) is 57.5 Å². The minimum atomic E-state index is 0.398. The summed E-state index contributed by atoms with van der Waals surface area (Å²) >= 11 is 0. The zero-order valence-corrected chi connectivity index (χ0v) is 16.8. The number of hydrogen-bond acceptors (Lipinski definition) is 3. The first-order valence-electron chi connectivity index (χ1n) is 10.3.